The van der Waals surface area contributed by atoms with Gasteiger partial charge in [-0.15, -0.1) is 0 Å². The number of halogens is 3. The van der Waals surface area contributed by atoms with Crippen molar-refractivity contribution < 1.29 is 17.7 Å². The molecular weight excluding hydrogens is 313 g/mol. The maximum atomic E-state index is 12.7. The molecule has 10 heteroatoms. The Labute approximate surface area is 130 Å². The minimum atomic E-state index is -4.46. The van der Waals surface area contributed by atoms with E-state index in [9.17, 15) is 13.2 Å². The zero-order valence-corrected chi connectivity index (χ0v) is 12.4. The van der Waals surface area contributed by atoms with Gasteiger partial charge in [-0.05, 0) is 0 Å². The molecule has 3 rings (SSSR count). The second-order valence-electron chi connectivity index (χ2n) is 5.25. The van der Waals surface area contributed by atoms with Crippen LogP contribution in [0, 0.1) is 6.92 Å². The standard InChI is InChI=1S/C13H15F3N6O/c1-9-19-11(20-23-9)7-21-2-4-22(5-3-21)12-6-10(13(14,15)16)17-8-18-12/h6,8H,2-5,7H2,1H3. The summed E-state index contributed by atoms with van der Waals surface area (Å²) < 4.78 is 43.0. The molecule has 0 amide bonds. The van der Waals surface area contributed by atoms with Gasteiger partial charge >= 0.3 is 6.18 Å². The second kappa shape index (κ2) is 6.11. The van der Waals surface area contributed by atoms with E-state index in [4.69, 9.17) is 4.52 Å². The SMILES string of the molecule is Cc1nc(CN2CCN(c3cc(C(F)(F)F)ncn3)CC2)no1. The first-order valence-electron chi connectivity index (χ1n) is 7.07. The molecule has 0 aromatic carbocycles. The van der Waals surface area contributed by atoms with Crippen LogP contribution in [0.5, 0.6) is 0 Å². The van der Waals surface area contributed by atoms with Crippen LogP contribution >= 0.6 is 0 Å². The minimum Gasteiger partial charge on any atom is -0.354 e. The van der Waals surface area contributed by atoms with Crippen LogP contribution in [-0.4, -0.2) is 51.2 Å². The van der Waals surface area contributed by atoms with E-state index in [0.29, 0.717) is 50.3 Å². The lowest BCUT2D eigenvalue weighted by Crippen LogP contribution is -2.46. The van der Waals surface area contributed by atoms with Crippen LogP contribution in [0.1, 0.15) is 17.4 Å². The zero-order chi connectivity index (χ0) is 16.4. The first kappa shape index (κ1) is 15.7. The Kier molecular flexibility index (Phi) is 4.16. The van der Waals surface area contributed by atoms with Crippen molar-refractivity contribution in [1.82, 2.24) is 25.0 Å². The number of anilines is 1. The number of hydrogen-bond acceptors (Lipinski definition) is 7. The Balaban J connectivity index is 1.60. The average Bonchev–Trinajstić information content (AvgIpc) is 2.92. The van der Waals surface area contributed by atoms with Crippen molar-refractivity contribution >= 4 is 5.82 Å². The van der Waals surface area contributed by atoms with E-state index in [-0.39, 0.29) is 0 Å². The molecule has 0 spiro atoms. The summed E-state index contributed by atoms with van der Waals surface area (Å²) in [4.78, 5) is 15.3. The number of hydrogen-bond donors (Lipinski definition) is 0. The van der Waals surface area contributed by atoms with Crippen LogP contribution in [0.25, 0.3) is 0 Å². The molecule has 1 saturated heterocycles. The first-order chi connectivity index (χ1) is 10.9. The fourth-order valence-electron chi connectivity index (χ4n) is 2.42. The van der Waals surface area contributed by atoms with E-state index in [1.165, 1.54) is 0 Å². The van der Waals surface area contributed by atoms with Gasteiger partial charge in [-0.25, -0.2) is 9.97 Å². The molecule has 3 heterocycles. The lowest BCUT2D eigenvalue weighted by Gasteiger charge is -2.34. The number of aromatic nitrogens is 4. The van der Waals surface area contributed by atoms with Gasteiger partial charge in [-0.1, -0.05) is 5.16 Å². The molecule has 1 aliphatic rings. The summed E-state index contributed by atoms with van der Waals surface area (Å²) in [5.74, 6) is 1.42. The molecule has 0 bridgehead atoms. The van der Waals surface area contributed by atoms with Crippen molar-refractivity contribution in [3.05, 3.63) is 29.8 Å². The zero-order valence-electron chi connectivity index (χ0n) is 12.4. The minimum absolute atomic E-state index is 0.294. The van der Waals surface area contributed by atoms with Gasteiger partial charge in [0.15, 0.2) is 5.82 Å². The molecule has 0 radical (unpaired) electrons. The van der Waals surface area contributed by atoms with E-state index in [2.05, 4.69) is 25.0 Å². The fraction of sp³-hybridized carbons (Fsp3) is 0.538. The van der Waals surface area contributed by atoms with Crippen molar-refractivity contribution in [3.63, 3.8) is 0 Å². The highest BCUT2D eigenvalue weighted by Crippen LogP contribution is 2.29. The molecule has 0 unspecified atom stereocenters. The summed E-state index contributed by atoms with van der Waals surface area (Å²) in [5, 5.41) is 3.84. The maximum Gasteiger partial charge on any atom is 0.433 e. The van der Waals surface area contributed by atoms with Gasteiger partial charge in [0.25, 0.3) is 0 Å². The number of nitrogens with zero attached hydrogens (tertiary/aromatic N) is 6. The summed E-state index contributed by atoms with van der Waals surface area (Å²) in [5.41, 5.74) is -0.924. The first-order valence-corrected chi connectivity index (χ1v) is 7.07. The quantitative estimate of drug-likeness (QED) is 0.846. The Morgan fingerprint density at radius 3 is 2.52 bits per heavy atom. The van der Waals surface area contributed by atoms with Gasteiger partial charge in [-0.2, -0.15) is 18.2 Å². The molecule has 2 aromatic heterocycles. The fourth-order valence-corrected chi connectivity index (χ4v) is 2.42. The molecule has 0 atom stereocenters. The van der Waals surface area contributed by atoms with Gasteiger partial charge in [-0.3, -0.25) is 4.90 Å². The van der Waals surface area contributed by atoms with Crippen molar-refractivity contribution in [2.24, 2.45) is 0 Å². The smallest absolute Gasteiger partial charge is 0.354 e. The lowest BCUT2D eigenvalue weighted by molar-refractivity contribution is -0.141. The van der Waals surface area contributed by atoms with Crippen molar-refractivity contribution in [3.8, 4) is 0 Å². The number of piperazine rings is 1. The predicted octanol–water partition coefficient (Wildman–Crippen LogP) is 1.51. The van der Waals surface area contributed by atoms with Gasteiger partial charge in [0.2, 0.25) is 5.89 Å². The Hall–Kier alpha value is -2.23. The predicted molar refractivity (Wildman–Crippen MR) is 73.6 cm³/mol. The van der Waals surface area contributed by atoms with E-state index in [1.807, 2.05) is 4.90 Å². The highest BCUT2D eigenvalue weighted by molar-refractivity contribution is 5.40. The third kappa shape index (κ3) is 3.76. The monoisotopic (exact) mass is 328 g/mol. The molecule has 0 N–H and O–H groups in total. The van der Waals surface area contributed by atoms with Gasteiger partial charge < -0.3 is 9.42 Å². The van der Waals surface area contributed by atoms with Crippen molar-refractivity contribution in [2.45, 2.75) is 19.6 Å². The summed E-state index contributed by atoms with van der Waals surface area (Å²) >= 11 is 0. The molecular formula is C13H15F3N6O. The van der Waals surface area contributed by atoms with Crippen LogP contribution in [0.15, 0.2) is 16.9 Å². The second-order valence-corrected chi connectivity index (χ2v) is 5.25. The third-order valence-corrected chi connectivity index (χ3v) is 3.57. The lowest BCUT2D eigenvalue weighted by atomic mass is 10.3. The number of alkyl halides is 3. The summed E-state index contributed by atoms with van der Waals surface area (Å²) in [6, 6.07) is 0.984. The van der Waals surface area contributed by atoms with E-state index in [1.54, 1.807) is 6.92 Å². The Morgan fingerprint density at radius 2 is 1.91 bits per heavy atom. The van der Waals surface area contributed by atoms with Crippen LogP contribution in [0.4, 0.5) is 19.0 Å². The highest BCUT2D eigenvalue weighted by atomic mass is 19.4. The summed E-state index contributed by atoms with van der Waals surface area (Å²) in [6.45, 7) is 4.79. The van der Waals surface area contributed by atoms with Gasteiger partial charge in [0.1, 0.15) is 17.8 Å². The van der Waals surface area contributed by atoms with E-state index < -0.39 is 11.9 Å². The van der Waals surface area contributed by atoms with E-state index in [0.717, 1.165) is 12.4 Å². The molecule has 7 nitrogen and oxygen atoms in total. The molecule has 1 fully saturated rings. The normalized spacial score (nSPS) is 16.8. The van der Waals surface area contributed by atoms with Crippen LogP contribution in [0.3, 0.4) is 0 Å². The molecule has 124 valence electrons. The summed E-state index contributed by atoms with van der Waals surface area (Å²) in [7, 11) is 0. The molecule has 23 heavy (non-hydrogen) atoms. The van der Waals surface area contributed by atoms with E-state index >= 15 is 0 Å². The molecule has 2 aromatic rings. The Bertz CT molecular complexity index is 666. The van der Waals surface area contributed by atoms with Crippen molar-refractivity contribution in [2.75, 3.05) is 31.1 Å². The molecule has 1 aliphatic heterocycles. The number of rotatable bonds is 3. The third-order valence-electron chi connectivity index (χ3n) is 3.57. The highest BCUT2D eigenvalue weighted by Gasteiger charge is 2.33. The molecule has 0 saturated carbocycles. The van der Waals surface area contributed by atoms with Gasteiger partial charge in [0.05, 0.1) is 6.54 Å². The van der Waals surface area contributed by atoms with Crippen LogP contribution in [0.2, 0.25) is 0 Å². The number of aryl methyl sites for hydroxylation is 1. The topological polar surface area (TPSA) is 71.2 Å². The Morgan fingerprint density at radius 1 is 1.17 bits per heavy atom. The van der Waals surface area contributed by atoms with Crippen LogP contribution in [-0.2, 0) is 12.7 Å². The molecule has 0 aliphatic carbocycles. The maximum absolute atomic E-state index is 12.7. The largest absolute Gasteiger partial charge is 0.433 e. The average molecular weight is 328 g/mol. The van der Waals surface area contributed by atoms with Crippen molar-refractivity contribution in [1.29, 1.82) is 0 Å². The summed E-state index contributed by atoms with van der Waals surface area (Å²) in [6.07, 6.45) is -3.51. The van der Waals surface area contributed by atoms with Crippen LogP contribution < -0.4 is 4.90 Å². The van der Waals surface area contributed by atoms with Gasteiger partial charge in [0, 0.05) is 39.2 Å².